The molecule has 1 fully saturated rings. The molecule has 1 aromatic rings. The van der Waals surface area contributed by atoms with Crippen LogP contribution >= 0.6 is 24.0 Å². The summed E-state index contributed by atoms with van der Waals surface area (Å²) < 4.78 is 25.9. The lowest BCUT2D eigenvalue weighted by Gasteiger charge is -2.15. The van der Waals surface area contributed by atoms with Gasteiger partial charge in [0.1, 0.15) is 0 Å². The average Bonchev–Trinajstić information content (AvgIpc) is 2.76. The standard InChI is InChI=1S/C13H15ClF2N2O2.ClH/c14-9-3-1-2-8(4-9)11(19)6-17-12(20)10-5-13(15,16)7-18-10;/h1-4,10-11,18-19H,5-7H2,(H,17,20);1H. The Morgan fingerprint density at radius 2 is 2.29 bits per heavy atom. The van der Waals surface area contributed by atoms with Crippen molar-refractivity contribution in [2.45, 2.75) is 24.5 Å². The number of hydrogen-bond acceptors (Lipinski definition) is 3. The number of carbonyl (C=O) groups excluding carboxylic acids is 1. The van der Waals surface area contributed by atoms with Crippen LogP contribution in [-0.2, 0) is 4.79 Å². The van der Waals surface area contributed by atoms with Crippen molar-refractivity contribution in [1.29, 1.82) is 0 Å². The molecule has 0 saturated carbocycles. The molecule has 1 saturated heterocycles. The van der Waals surface area contributed by atoms with Crippen LogP contribution in [0.2, 0.25) is 5.02 Å². The minimum atomic E-state index is -2.85. The van der Waals surface area contributed by atoms with Gasteiger partial charge in [-0.2, -0.15) is 0 Å². The maximum absolute atomic E-state index is 13.0. The second-order valence-corrected chi connectivity index (χ2v) is 5.25. The van der Waals surface area contributed by atoms with Gasteiger partial charge in [-0.1, -0.05) is 23.7 Å². The Kier molecular flexibility index (Phi) is 6.34. The summed E-state index contributed by atoms with van der Waals surface area (Å²) in [6, 6.07) is 5.69. The zero-order valence-electron chi connectivity index (χ0n) is 11.0. The second-order valence-electron chi connectivity index (χ2n) is 4.81. The molecule has 1 aromatic carbocycles. The minimum absolute atomic E-state index is 0. The molecule has 1 aliphatic rings. The van der Waals surface area contributed by atoms with E-state index in [1.165, 1.54) is 0 Å². The topological polar surface area (TPSA) is 61.4 Å². The van der Waals surface area contributed by atoms with Crippen molar-refractivity contribution in [1.82, 2.24) is 10.6 Å². The van der Waals surface area contributed by atoms with Crippen molar-refractivity contribution in [2.24, 2.45) is 0 Å². The molecule has 0 radical (unpaired) electrons. The monoisotopic (exact) mass is 340 g/mol. The van der Waals surface area contributed by atoms with Crippen LogP contribution in [0.15, 0.2) is 24.3 Å². The van der Waals surface area contributed by atoms with Gasteiger partial charge in [-0.15, -0.1) is 12.4 Å². The Morgan fingerprint density at radius 1 is 1.57 bits per heavy atom. The van der Waals surface area contributed by atoms with E-state index in [-0.39, 0.29) is 19.0 Å². The van der Waals surface area contributed by atoms with Gasteiger partial charge < -0.3 is 10.4 Å². The molecule has 2 rings (SSSR count). The summed E-state index contributed by atoms with van der Waals surface area (Å²) in [7, 11) is 0. The van der Waals surface area contributed by atoms with Gasteiger partial charge in [0.25, 0.3) is 5.92 Å². The normalized spacial score (nSPS) is 21.4. The lowest BCUT2D eigenvalue weighted by Crippen LogP contribution is -2.41. The summed E-state index contributed by atoms with van der Waals surface area (Å²) in [5.41, 5.74) is 0.558. The average molecular weight is 341 g/mol. The fourth-order valence-corrected chi connectivity index (χ4v) is 2.25. The molecule has 1 aliphatic heterocycles. The zero-order chi connectivity index (χ0) is 14.8. The Balaban J connectivity index is 0.00000220. The molecule has 2 unspecified atom stereocenters. The number of hydrogen-bond donors (Lipinski definition) is 3. The molecule has 21 heavy (non-hydrogen) atoms. The van der Waals surface area contributed by atoms with E-state index < -0.39 is 36.9 Å². The van der Waals surface area contributed by atoms with Gasteiger partial charge in [-0.05, 0) is 17.7 Å². The molecule has 8 heteroatoms. The van der Waals surface area contributed by atoms with Crippen LogP contribution < -0.4 is 10.6 Å². The molecular formula is C13H16Cl2F2N2O2. The zero-order valence-corrected chi connectivity index (χ0v) is 12.6. The van der Waals surface area contributed by atoms with Crippen molar-refractivity contribution < 1.29 is 18.7 Å². The molecule has 0 bridgehead atoms. The van der Waals surface area contributed by atoms with Crippen molar-refractivity contribution in [3.63, 3.8) is 0 Å². The van der Waals surface area contributed by atoms with Crippen molar-refractivity contribution >= 4 is 29.9 Å². The highest BCUT2D eigenvalue weighted by Gasteiger charge is 2.42. The summed E-state index contributed by atoms with van der Waals surface area (Å²) in [5.74, 6) is -3.39. The van der Waals surface area contributed by atoms with E-state index in [4.69, 9.17) is 11.6 Å². The fourth-order valence-electron chi connectivity index (χ4n) is 2.05. The summed E-state index contributed by atoms with van der Waals surface area (Å²) >= 11 is 5.79. The van der Waals surface area contributed by atoms with E-state index >= 15 is 0 Å². The Hall–Kier alpha value is -0.950. The molecule has 0 spiro atoms. The lowest BCUT2D eigenvalue weighted by molar-refractivity contribution is -0.123. The molecule has 1 amide bonds. The number of aliphatic hydroxyl groups excluding tert-OH is 1. The first kappa shape index (κ1) is 18.1. The van der Waals surface area contributed by atoms with Gasteiger partial charge in [0.15, 0.2) is 0 Å². The maximum atomic E-state index is 13.0. The van der Waals surface area contributed by atoms with Gasteiger partial charge in [0.05, 0.1) is 18.7 Å². The molecule has 2 atom stereocenters. The van der Waals surface area contributed by atoms with E-state index in [9.17, 15) is 18.7 Å². The summed E-state index contributed by atoms with van der Waals surface area (Å²) in [5, 5.41) is 15.3. The molecule has 3 N–H and O–H groups in total. The highest BCUT2D eigenvalue weighted by molar-refractivity contribution is 6.30. The number of nitrogens with one attached hydrogen (secondary N) is 2. The van der Waals surface area contributed by atoms with Crippen LogP contribution in [0.5, 0.6) is 0 Å². The van der Waals surface area contributed by atoms with E-state index in [0.29, 0.717) is 10.6 Å². The van der Waals surface area contributed by atoms with Crippen LogP contribution in [0.25, 0.3) is 0 Å². The number of amides is 1. The Morgan fingerprint density at radius 3 is 2.86 bits per heavy atom. The largest absolute Gasteiger partial charge is 0.387 e. The van der Waals surface area contributed by atoms with Crippen LogP contribution in [0, 0.1) is 0 Å². The third kappa shape index (κ3) is 5.07. The Bertz CT molecular complexity index is 503. The summed E-state index contributed by atoms with van der Waals surface area (Å²) in [6.45, 7) is -0.551. The van der Waals surface area contributed by atoms with Crippen molar-refractivity contribution in [3.05, 3.63) is 34.9 Å². The van der Waals surface area contributed by atoms with Crippen molar-refractivity contribution in [2.75, 3.05) is 13.1 Å². The maximum Gasteiger partial charge on any atom is 0.262 e. The number of carbonyl (C=O) groups is 1. The summed E-state index contributed by atoms with van der Waals surface area (Å²) in [4.78, 5) is 11.7. The van der Waals surface area contributed by atoms with E-state index in [2.05, 4.69) is 10.6 Å². The smallest absolute Gasteiger partial charge is 0.262 e. The molecule has 118 valence electrons. The number of halogens is 4. The first-order valence-electron chi connectivity index (χ1n) is 6.20. The highest BCUT2D eigenvalue weighted by atomic mass is 35.5. The SMILES string of the molecule is Cl.O=C(NCC(O)c1cccc(Cl)c1)C1CC(F)(F)CN1. The molecule has 0 aliphatic carbocycles. The minimum Gasteiger partial charge on any atom is -0.387 e. The van der Waals surface area contributed by atoms with Crippen LogP contribution in [0.4, 0.5) is 8.78 Å². The second kappa shape index (κ2) is 7.35. The van der Waals surface area contributed by atoms with E-state index in [0.717, 1.165) is 0 Å². The predicted molar refractivity (Wildman–Crippen MR) is 78.0 cm³/mol. The Labute approximate surface area is 132 Å². The number of rotatable bonds is 4. The third-order valence-corrected chi connectivity index (χ3v) is 3.36. The van der Waals surface area contributed by atoms with E-state index in [1.807, 2.05) is 0 Å². The van der Waals surface area contributed by atoms with Crippen LogP contribution in [-0.4, -0.2) is 36.1 Å². The van der Waals surface area contributed by atoms with Crippen LogP contribution in [0.3, 0.4) is 0 Å². The first-order valence-corrected chi connectivity index (χ1v) is 6.58. The van der Waals surface area contributed by atoms with Gasteiger partial charge >= 0.3 is 0 Å². The number of benzene rings is 1. The quantitative estimate of drug-likeness (QED) is 0.784. The molecular weight excluding hydrogens is 325 g/mol. The summed E-state index contributed by atoms with van der Waals surface area (Å²) in [6.07, 6.45) is -1.45. The number of aliphatic hydroxyl groups is 1. The first-order chi connectivity index (χ1) is 9.37. The molecule has 4 nitrogen and oxygen atoms in total. The van der Waals surface area contributed by atoms with Crippen LogP contribution in [0.1, 0.15) is 18.1 Å². The highest BCUT2D eigenvalue weighted by Crippen LogP contribution is 2.25. The molecule has 1 heterocycles. The number of alkyl halides is 2. The molecule has 0 aromatic heterocycles. The van der Waals surface area contributed by atoms with Gasteiger partial charge in [0.2, 0.25) is 5.91 Å². The van der Waals surface area contributed by atoms with Gasteiger partial charge in [0, 0.05) is 18.0 Å². The fraction of sp³-hybridized carbons (Fsp3) is 0.462. The van der Waals surface area contributed by atoms with E-state index in [1.54, 1.807) is 24.3 Å². The van der Waals surface area contributed by atoms with Gasteiger partial charge in [-0.25, -0.2) is 8.78 Å². The van der Waals surface area contributed by atoms with Crippen molar-refractivity contribution in [3.8, 4) is 0 Å². The lowest BCUT2D eigenvalue weighted by atomic mass is 10.1. The van der Waals surface area contributed by atoms with Gasteiger partial charge in [-0.3, -0.25) is 10.1 Å². The third-order valence-electron chi connectivity index (χ3n) is 3.13. The predicted octanol–water partition coefficient (Wildman–Crippen LogP) is 1.91.